The fourth-order valence-corrected chi connectivity index (χ4v) is 2.37. The van der Waals surface area contributed by atoms with Crippen LogP contribution < -0.4 is 10.1 Å². The maximum Gasteiger partial charge on any atom is 0.224 e. The minimum atomic E-state index is 0.00835. The van der Waals surface area contributed by atoms with Crippen LogP contribution >= 0.6 is 11.3 Å². The van der Waals surface area contributed by atoms with Crippen molar-refractivity contribution in [3.05, 3.63) is 46.4 Å². The Labute approximate surface area is 116 Å². The number of benzene rings is 1. The van der Waals surface area contributed by atoms with Crippen LogP contribution in [0.4, 0.5) is 0 Å². The van der Waals surface area contributed by atoms with Crippen LogP contribution in [0.25, 0.3) is 0 Å². The second-order valence-corrected chi connectivity index (χ2v) is 5.03. The van der Waals surface area contributed by atoms with E-state index in [4.69, 9.17) is 4.74 Å². The molecular formula is C14H16N2O2S. The summed E-state index contributed by atoms with van der Waals surface area (Å²) in [7, 11) is 1.61. The molecule has 0 radical (unpaired) electrons. The van der Waals surface area contributed by atoms with Crippen molar-refractivity contribution in [3.8, 4) is 5.75 Å². The lowest BCUT2D eigenvalue weighted by molar-refractivity contribution is -0.120. The van der Waals surface area contributed by atoms with Gasteiger partial charge in [0.2, 0.25) is 5.91 Å². The van der Waals surface area contributed by atoms with E-state index in [0.717, 1.165) is 17.7 Å². The fourth-order valence-electron chi connectivity index (χ4n) is 1.78. The third kappa shape index (κ3) is 4.06. The number of nitrogens with one attached hydrogen (secondary N) is 1. The molecule has 100 valence electrons. The number of thiazole rings is 1. The van der Waals surface area contributed by atoms with Gasteiger partial charge in [-0.05, 0) is 6.07 Å². The zero-order valence-corrected chi connectivity index (χ0v) is 11.6. The van der Waals surface area contributed by atoms with Gasteiger partial charge in [0.05, 0.1) is 19.0 Å². The van der Waals surface area contributed by atoms with Crippen molar-refractivity contribution in [2.45, 2.75) is 12.8 Å². The van der Waals surface area contributed by atoms with Crippen LogP contribution in [-0.4, -0.2) is 24.5 Å². The van der Waals surface area contributed by atoms with Crippen LogP contribution in [0.3, 0.4) is 0 Å². The molecule has 1 aromatic heterocycles. The molecule has 0 aliphatic rings. The lowest BCUT2D eigenvalue weighted by Gasteiger charge is -2.08. The average molecular weight is 276 g/mol. The van der Waals surface area contributed by atoms with Crippen molar-refractivity contribution < 1.29 is 9.53 Å². The number of methoxy groups -OCH3 is 1. The number of aromatic nitrogens is 1. The van der Waals surface area contributed by atoms with Gasteiger partial charge in [0.1, 0.15) is 5.75 Å². The fraction of sp³-hybridized carbons (Fsp3) is 0.286. The number of ether oxygens (including phenoxy) is 1. The first-order chi connectivity index (χ1) is 9.29. The van der Waals surface area contributed by atoms with Crippen molar-refractivity contribution >= 4 is 17.2 Å². The van der Waals surface area contributed by atoms with E-state index in [1.165, 1.54) is 4.88 Å². The lowest BCUT2D eigenvalue weighted by Crippen LogP contribution is -2.27. The number of carbonyl (C=O) groups is 1. The summed E-state index contributed by atoms with van der Waals surface area (Å²) in [5.41, 5.74) is 2.70. The Morgan fingerprint density at radius 2 is 2.26 bits per heavy atom. The summed E-state index contributed by atoms with van der Waals surface area (Å²) in [4.78, 5) is 17.0. The first-order valence-electron chi connectivity index (χ1n) is 6.05. The molecular weight excluding hydrogens is 260 g/mol. The van der Waals surface area contributed by atoms with Crippen LogP contribution in [0.1, 0.15) is 10.4 Å². The molecule has 0 saturated carbocycles. The third-order valence-electron chi connectivity index (χ3n) is 2.72. The zero-order valence-electron chi connectivity index (χ0n) is 10.8. The van der Waals surface area contributed by atoms with Gasteiger partial charge >= 0.3 is 0 Å². The predicted octanol–water partition coefficient (Wildman–Crippen LogP) is 2.05. The Morgan fingerprint density at radius 1 is 1.42 bits per heavy atom. The molecule has 0 aliphatic carbocycles. The number of carbonyl (C=O) groups excluding carboxylic acids is 1. The monoisotopic (exact) mass is 276 g/mol. The van der Waals surface area contributed by atoms with E-state index in [0.29, 0.717) is 13.0 Å². The van der Waals surface area contributed by atoms with Crippen molar-refractivity contribution in [1.29, 1.82) is 0 Å². The van der Waals surface area contributed by atoms with E-state index < -0.39 is 0 Å². The van der Waals surface area contributed by atoms with E-state index in [1.54, 1.807) is 24.0 Å². The highest BCUT2D eigenvalue weighted by atomic mass is 32.1. The smallest absolute Gasteiger partial charge is 0.224 e. The molecule has 2 aromatic rings. The summed E-state index contributed by atoms with van der Waals surface area (Å²) in [5, 5.41) is 2.91. The molecule has 0 unspecified atom stereocenters. The molecule has 19 heavy (non-hydrogen) atoms. The first-order valence-corrected chi connectivity index (χ1v) is 6.93. The highest BCUT2D eigenvalue weighted by Gasteiger charge is 2.07. The Kier molecular flexibility index (Phi) is 4.92. The number of amides is 1. The summed E-state index contributed by atoms with van der Waals surface area (Å²) >= 11 is 1.60. The van der Waals surface area contributed by atoms with Crippen LogP contribution in [-0.2, 0) is 17.6 Å². The van der Waals surface area contributed by atoms with Gasteiger partial charge in [-0.2, -0.15) is 0 Å². The van der Waals surface area contributed by atoms with Crippen molar-refractivity contribution in [2.24, 2.45) is 0 Å². The maximum absolute atomic E-state index is 11.8. The standard InChI is InChI=1S/C14H16N2O2S/c1-18-13-5-3-2-4-11(13)8-14(17)16-7-6-12-9-15-10-19-12/h2-5,9-10H,6-8H2,1H3,(H,16,17). The summed E-state index contributed by atoms with van der Waals surface area (Å²) in [6, 6.07) is 7.56. The number of hydrogen-bond acceptors (Lipinski definition) is 4. The van der Waals surface area contributed by atoms with Gasteiger partial charge in [0.25, 0.3) is 0 Å². The molecule has 0 fully saturated rings. The predicted molar refractivity (Wildman–Crippen MR) is 75.5 cm³/mol. The molecule has 1 N–H and O–H groups in total. The number of nitrogens with zero attached hydrogens (tertiary/aromatic N) is 1. The Morgan fingerprint density at radius 3 is 3.00 bits per heavy atom. The molecule has 5 heteroatoms. The SMILES string of the molecule is COc1ccccc1CC(=O)NCCc1cncs1. The van der Waals surface area contributed by atoms with Crippen LogP contribution in [0.15, 0.2) is 36.0 Å². The van der Waals surface area contributed by atoms with E-state index in [2.05, 4.69) is 10.3 Å². The minimum Gasteiger partial charge on any atom is -0.496 e. The Balaban J connectivity index is 1.80. The highest BCUT2D eigenvalue weighted by molar-refractivity contribution is 7.09. The Hall–Kier alpha value is -1.88. The molecule has 0 atom stereocenters. The number of hydrogen-bond donors (Lipinski definition) is 1. The topological polar surface area (TPSA) is 51.2 Å². The van der Waals surface area contributed by atoms with Crippen molar-refractivity contribution in [3.63, 3.8) is 0 Å². The molecule has 1 aromatic carbocycles. The number of para-hydroxylation sites is 1. The average Bonchev–Trinajstić information content (AvgIpc) is 2.92. The number of rotatable bonds is 6. The van der Waals surface area contributed by atoms with Gasteiger partial charge in [0, 0.05) is 29.6 Å². The van der Waals surface area contributed by atoms with Gasteiger partial charge < -0.3 is 10.1 Å². The molecule has 0 bridgehead atoms. The van der Waals surface area contributed by atoms with Crippen LogP contribution in [0.2, 0.25) is 0 Å². The van der Waals surface area contributed by atoms with Crippen molar-refractivity contribution in [1.82, 2.24) is 10.3 Å². The van der Waals surface area contributed by atoms with Gasteiger partial charge in [-0.15, -0.1) is 11.3 Å². The second kappa shape index (κ2) is 6.89. The summed E-state index contributed by atoms with van der Waals surface area (Å²) in [6.07, 6.45) is 2.99. The molecule has 0 aliphatic heterocycles. The maximum atomic E-state index is 11.8. The molecule has 4 nitrogen and oxygen atoms in total. The third-order valence-corrected chi connectivity index (χ3v) is 3.56. The highest BCUT2D eigenvalue weighted by Crippen LogP contribution is 2.17. The molecule has 0 saturated heterocycles. The van der Waals surface area contributed by atoms with E-state index in [-0.39, 0.29) is 5.91 Å². The lowest BCUT2D eigenvalue weighted by atomic mass is 10.1. The van der Waals surface area contributed by atoms with Crippen LogP contribution in [0, 0.1) is 0 Å². The van der Waals surface area contributed by atoms with Crippen LogP contribution in [0.5, 0.6) is 5.75 Å². The first kappa shape index (κ1) is 13.5. The largest absolute Gasteiger partial charge is 0.496 e. The van der Waals surface area contributed by atoms with E-state index >= 15 is 0 Å². The zero-order chi connectivity index (χ0) is 13.5. The van der Waals surface area contributed by atoms with E-state index in [9.17, 15) is 4.79 Å². The molecule has 0 spiro atoms. The van der Waals surface area contributed by atoms with Gasteiger partial charge in [0.15, 0.2) is 0 Å². The summed E-state index contributed by atoms with van der Waals surface area (Å²) in [6.45, 7) is 0.635. The van der Waals surface area contributed by atoms with E-state index in [1.807, 2.05) is 30.5 Å². The van der Waals surface area contributed by atoms with Crippen molar-refractivity contribution in [2.75, 3.05) is 13.7 Å². The summed E-state index contributed by atoms with van der Waals surface area (Å²) < 4.78 is 5.22. The van der Waals surface area contributed by atoms with Gasteiger partial charge in [-0.25, -0.2) is 0 Å². The molecule has 1 heterocycles. The van der Waals surface area contributed by atoms with Gasteiger partial charge in [-0.1, -0.05) is 18.2 Å². The summed E-state index contributed by atoms with van der Waals surface area (Å²) in [5.74, 6) is 0.758. The van der Waals surface area contributed by atoms with Gasteiger partial charge in [-0.3, -0.25) is 9.78 Å². The normalized spacial score (nSPS) is 10.2. The molecule has 1 amide bonds. The second-order valence-electron chi connectivity index (χ2n) is 4.06. The Bertz CT molecular complexity index is 526. The molecule has 2 rings (SSSR count). The minimum absolute atomic E-state index is 0.00835. The quantitative estimate of drug-likeness (QED) is 0.878.